The summed E-state index contributed by atoms with van der Waals surface area (Å²) in [5.41, 5.74) is 4.06. The number of aryl methyl sites for hydroxylation is 1. The zero-order valence-electron chi connectivity index (χ0n) is 27.8. The molecule has 1 aromatic carbocycles. The van der Waals surface area contributed by atoms with Gasteiger partial charge in [0.25, 0.3) is 0 Å². The van der Waals surface area contributed by atoms with E-state index in [1.807, 2.05) is 6.07 Å². The average Bonchev–Trinajstić information content (AvgIpc) is 3.81. The van der Waals surface area contributed by atoms with E-state index < -0.39 is 22.6 Å². The Morgan fingerprint density at radius 3 is 2.35 bits per heavy atom. The molecule has 0 saturated carbocycles. The van der Waals surface area contributed by atoms with Crippen LogP contribution in [0.1, 0.15) is 21.7 Å². The number of fused-ring (bicyclic) bond motifs is 3. The second-order valence-electron chi connectivity index (χ2n) is 13.5. The van der Waals surface area contributed by atoms with Crippen LogP contribution < -0.4 is 10.2 Å². The van der Waals surface area contributed by atoms with Crippen LogP contribution in [0, 0.1) is 30.1 Å². The molecule has 3 aromatic heterocycles. The normalized spacial score (nSPS) is 21.2. The molecule has 7 rings (SSSR count). The third-order valence-corrected chi connectivity index (χ3v) is 12.6. The van der Waals surface area contributed by atoms with Crippen molar-refractivity contribution in [2.75, 3.05) is 82.4 Å². The van der Waals surface area contributed by atoms with Crippen LogP contribution in [-0.2, 0) is 29.5 Å². The molecule has 6 heterocycles. The predicted octanol–water partition coefficient (Wildman–Crippen LogP) is 4.12. The molecular formula is C33H40F3N9O2S2. The van der Waals surface area contributed by atoms with Gasteiger partial charge in [0.1, 0.15) is 22.4 Å². The Morgan fingerprint density at radius 1 is 1.00 bits per heavy atom. The lowest BCUT2D eigenvalue weighted by Gasteiger charge is -2.33. The van der Waals surface area contributed by atoms with E-state index in [-0.39, 0.29) is 4.88 Å². The van der Waals surface area contributed by atoms with Gasteiger partial charge in [-0.1, -0.05) is 6.07 Å². The van der Waals surface area contributed by atoms with Gasteiger partial charge in [-0.25, -0.2) is 13.4 Å². The summed E-state index contributed by atoms with van der Waals surface area (Å²) >= 11 is 1.08. The molecule has 11 nitrogen and oxygen atoms in total. The molecule has 3 aliphatic heterocycles. The number of hydrogen-bond donors (Lipinski definition) is 1. The minimum Gasteiger partial charge on any atom is -0.357 e. The van der Waals surface area contributed by atoms with Gasteiger partial charge in [-0.3, -0.25) is 9.80 Å². The fraction of sp³-hybridized carbons (Fsp3) is 0.545. The highest BCUT2D eigenvalue weighted by molar-refractivity contribution is 7.88. The molecule has 16 heteroatoms. The maximum atomic E-state index is 13.1. The van der Waals surface area contributed by atoms with E-state index in [0.717, 1.165) is 61.5 Å². The van der Waals surface area contributed by atoms with Crippen molar-refractivity contribution in [3.63, 3.8) is 0 Å². The summed E-state index contributed by atoms with van der Waals surface area (Å²) in [6.45, 7) is 10.1. The number of anilines is 2. The highest BCUT2D eigenvalue weighted by Gasteiger charge is 2.41. The van der Waals surface area contributed by atoms with Crippen LogP contribution >= 0.6 is 11.3 Å². The Morgan fingerprint density at radius 2 is 1.71 bits per heavy atom. The van der Waals surface area contributed by atoms with Crippen LogP contribution in [0.3, 0.4) is 0 Å². The highest BCUT2D eigenvalue weighted by Crippen LogP contribution is 2.40. The van der Waals surface area contributed by atoms with E-state index in [1.54, 1.807) is 13.1 Å². The molecule has 2 unspecified atom stereocenters. The maximum absolute atomic E-state index is 13.1. The minimum absolute atomic E-state index is 0.242. The van der Waals surface area contributed by atoms with E-state index in [4.69, 9.17) is 4.98 Å². The van der Waals surface area contributed by atoms with Crippen molar-refractivity contribution in [3.05, 3.63) is 46.0 Å². The first-order chi connectivity index (χ1) is 23.3. The van der Waals surface area contributed by atoms with Gasteiger partial charge < -0.3 is 14.8 Å². The van der Waals surface area contributed by atoms with Gasteiger partial charge in [0.05, 0.1) is 18.1 Å². The Bertz CT molecular complexity index is 2020. The zero-order valence-corrected chi connectivity index (χ0v) is 29.4. The average molecular weight is 716 g/mol. The lowest BCUT2D eigenvalue weighted by molar-refractivity contribution is -0.126. The molecule has 1 N–H and O–H groups in total. The predicted molar refractivity (Wildman–Crippen MR) is 185 cm³/mol. The van der Waals surface area contributed by atoms with E-state index in [1.165, 1.54) is 21.7 Å². The number of halogens is 3. The number of thiophene rings is 1. The van der Waals surface area contributed by atoms with Crippen molar-refractivity contribution >= 4 is 54.2 Å². The van der Waals surface area contributed by atoms with Gasteiger partial charge in [0.2, 0.25) is 16.0 Å². The Hall–Kier alpha value is -3.49. The fourth-order valence-electron chi connectivity index (χ4n) is 7.78. The molecule has 0 spiro atoms. The maximum Gasteiger partial charge on any atom is 0.393 e. The number of nitriles is 1. The Balaban J connectivity index is 1.01. The first-order valence-electron chi connectivity index (χ1n) is 16.5. The highest BCUT2D eigenvalue weighted by atomic mass is 32.2. The van der Waals surface area contributed by atoms with Gasteiger partial charge in [-0.2, -0.15) is 27.7 Å². The van der Waals surface area contributed by atoms with E-state index in [9.17, 15) is 26.9 Å². The number of likely N-dealkylation sites (tertiary alicyclic amines) is 1. The fourth-order valence-corrected chi connectivity index (χ4v) is 9.66. The van der Waals surface area contributed by atoms with Gasteiger partial charge in [-0.15, -0.1) is 11.3 Å². The van der Waals surface area contributed by atoms with Crippen LogP contribution in [0.4, 0.5) is 24.9 Å². The summed E-state index contributed by atoms with van der Waals surface area (Å²) < 4.78 is 66.8. The van der Waals surface area contributed by atoms with Gasteiger partial charge in [-0.05, 0) is 48.1 Å². The summed E-state index contributed by atoms with van der Waals surface area (Å²) in [7, 11) is -1.46. The molecule has 2 atom stereocenters. The lowest BCUT2D eigenvalue weighted by Crippen LogP contribution is -2.48. The summed E-state index contributed by atoms with van der Waals surface area (Å²) in [6, 6.07) is 10.3. The second-order valence-corrected chi connectivity index (χ2v) is 16.6. The monoisotopic (exact) mass is 715 g/mol. The Labute approximate surface area is 288 Å². The molecular weight excluding hydrogens is 676 g/mol. The largest absolute Gasteiger partial charge is 0.393 e. The third kappa shape index (κ3) is 6.96. The van der Waals surface area contributed by atoms with Crippen LogP contribution in [0.15, 0.2) is 24.3 Å². The van der Waals surface area contributed by atoms with E-state index >= 15 is 0 Å². The smallest absolute Gasteiger partial charge is 0.357 e. The molecule has 3 saturated heterocycles. The summed E-state index contributed by atoms with van der Waals surface area (Å²) in [6.07, 6.45) is -4.00. The van der Waals surface area contributed by atoms with Crippen molar-refractivity contribution in [3.8, 4) is 6.07 Å². The number of rotatable bonds is 9. The zero-order chi connectivity index (χ0) is 34.7. The van der Waals surface area contributed by atoms with Crippen LogP contribution in [0.25, 0.3) is 21.1 Å². The molecule has 0 bridgehead atoms. The number of hydrogen-bond acceptors (Lipinski definition) is 10. The van der Waals surface area contributed by atoms with Crippen LogP contribution in [-0.4, -0.2) is 115 Å². The number of nitrogens with zero attached hydrogens (tertiary/aromatic N) is 8. The molecule has 0 radical (unpaired) electrons. The summed E-state index contributed by atoms with van der Waals surface area (Å²) in [5.74, 6) is 1.96. The van der Waals surface area contributed by atoms with Crippen molar-refractivity contribution in [1.82, 2.24) is 28.6 Å². The summed E-state index contributed by atoms with van der Waals surface area (Å²) in [5, 5.41) is 14.7. The van der Waals surface area contributed by atoms with Gasteiger partial charge in [0, 0.05) is 94.8 Å². The van der Waals surface area contributed by atoms with Crippen molar-refractivity contribution in [2.24, 2.45) is 11.8 Å². The van der Waals surface area contributed by atoms with E-state index in [2.05, 4.69) is 54.7 Å². The molecule has 3 aliphatic rings. The standard InChI is InChI=1S/C33H40F3N9O2S2/c1-21-22(4-5-29-27(21)12-25(15-37)45(29)11-8-41-6-9-44(10-7-41)49(3,46)47)16-42-17-23-19-43(20-24(23)18-42)30-28-13-26(14-33(34,35)36)48-31(28)40-32(38-2)39-30/h4-5,12-13,23-24H,6-11,14,16-20H2,1-3H3,(H,38,39,40). The first kappa shape index (κ1) is 34.0. The van der Waals surface area contributed by atoms with E-state index in [0.29, 0.717) is 72.2 Å². The summed E-state index contributed by atoms with van der Waals surface area (Å²) in [4.78, 5) is 16.9. The molecule has 0 aliphatic carbocycles. The van der Waals surface area contributed by atoms with Crippen molar-refractivity contribution in [2.45, 2.75) is 32.6 Å². The minimum atomic E-state index is -4.28. The quantitative estimate of drug-likeness (QED) is 0.274. The van der Waals surface area contributed by atoms with Gasteiger partial charge >= 0.3 is 6.18 Å². The van der Waals surface area contributed by atoms with Crippen LogP contribution in [0.5, 0.6) is 0 Å². The molecule has 4 aromatic rings. The first-order valence-corrected chi connectivity index (χ1v) is 19.2. The number of sulfonamides is 1. The lowest BCUT2D eigenvalue weighted by atomic mass is 10.0. The number of piperazine rings is 1. The molecule has 0 amide bonds. The number of benzene rings is 1. The van der Waals surface area contributed by atoms with Gasteiger partial charge in [0.15, 0.2) is 0 Å². The second kappa shape index (κ2) is 13.0. The van der Waals surface area contributed by atoms with Crippen molar-refractivity contribution in [1.29, 1.82) is 5.26 Å². The van der Waals surface area contributed by atoms with Crippen LogP contribution in [0.2, 0.25) is 0 Å². The number of aromatic nitrogens is 3. The van der Waals surface area contributed by atoms with Crippen molar-refractivity contribution < 1.29 is 21.6 Å². The molecule has 262 valence electrons. The Kier molecular flexibility index (Phi) is 9.02. The molecule has 3 fully saturated rings. The number of nitrogens with one attached hydrogen (secondary N) is 1. The SMILES string of the molecule is CNc1nc(N2CC3CN(Cc4ccc5c(cc(C#N)n5CCN5CCN(S(C)(=O)=O)CC5)c4C)CC3C2)c2cc(CC(F)(F)F)sc2n1. The topological polar surface area (TPSA) is 114 Å². The molecule has 49 heavy (non-hydrogen) atoms. The third-order valence-electron chi connectivity index (χ3n) is 10.3. The number of alkyl halides is 3.